The van der Waals surface area contributed by atoms with Crippen molar-refractivity contribution in [1.29, 1.82) is 0 Å². The number of alkyl halides is 3. The molecule has 0 aliphatic rings. The van der Waals surface area contributed by atoms with E-state index in [1.807, 2.05) is 0 Å². The van der Waals surface area contributed by atoms with Crippen LogP contribution in [-0.4, -0.2) is 24.9 Å². The van der Waals surface area contributed by atoms with Crippen LogP contribution in [0.1, 0.15) is 12.5 Å². The standard InChI is InChI=1S/C17H14ClF3N2O3/c1-2-25-15(13-5-3-4-6-14(13)18)23-16(24)22-11-7-9-12(10-8-11)26-17(19,20)21/h3-10H,2H2,1H3,(H,22,24). The van der Waals surface area contributed by atoms with Gasteiger partial charge in [-0.3, -0.25) is 0 Å². The fourth-order valence-corrected chi connectivity index (χ4v) is 2.14. The number of anilines is 1. The van der Waals surface area contributed by atoms with Crippen LogP contribution in [-0.2, 0) is 4.74 Å². The topological polar surface area (TPSA) is 59.9 Å². The highest BCUT2D eigenvalue weighted by Crippen LogP contribution is 2.24. The van der Waals surface area contributed by atoms with Gasteiger partial charge in [-0.1, -0.05) is 23.7 Å². The Morgan fingerprint density at radius 3 is 2.38 bits per heavy atom. The Morgan fingerprint density at radius 2 is 1.81 bits per heavy atom. The molecule has 2 aromatic rings. The SMILES string of the molecule is CCOC(=NC(=O)Nc1ccc(OC(F)(F)F)cc1)c1ccccc1Cl. The van der Waals surface area contributed by atoms with Crippen molar-refractivity contribution in [1.82, 2.24) is 0 Å². The van der Waals surface area contributed by atoms with Crippen LogP contribution in [0.25, 0.3) is 0 Å². The van der Waals surface area contributed by atoms with Gasteiger partial charge in [0.05, 0.1) is 17.2 Å². The Hall–Kier alpha value is -2.74. The summed E-state index contributed by atoms with van der Waals surface area (Å²) < 4.78 is 45.5. The molecule has 0 aromatic heterocycles. The van der Waals surface area contributed by atoms with Crippen LogP contribution < -0.4 is 10.1 Å². The quantitative estimate of drug-likeness (QED) is 0.576. The largest absolute Gasteiger partial charge is 0.573 e. The van der Waals surface area contributed by atoms with Gasteiger partial charge in [0.2, 0.25) is 5.90 Å². The molecular weight excluding hydrogens is 373 g/mol. The second kappa shape index (κ2) is 8.57. The molecule has 0 saturated carbocycles. The molecule has 2 aromatic carbocycles. The minimum absolute atomic E-state index is 0.0348. The van der Waals surface area contributed by atoms with E-state index in [9.17, 15) is 18.0 Å². The molecule has 2 amide bonds. The van der Waals surface area contributed by atoms with Crippen LogP contribution in [0.3, 0.4) is 0 Å². The first-order chi connectivity index (χ1) is 12.3. The number of nitrogens with zero attached hydrogens (tertiary/aromatic N) is 1. The van der Waals surface area contributed by atoms with Gasteiger partial charge < -0.3 is 14.8 Å². The zero-order valence-electron chi connectivity index (χ0n) is 13.5. The van der Waals surface area contributed by atoms with Gasteiger partial charge in [-0.05, 0) is 43.3 Å². The molecule has 0 radical (unpaired) electrons. The van der Waals surface area contributed by atoms with Crippen LogP contribution in [0.2, 0.25) is 5.02 Å². The molecule has 0 aliphatic heterocycles. The molecule has 0 spiro atoms. The van der Waals surface area contributed by atoms with Gasteiger partial charge in [0.15, 0.2) is 0 Å². The van der Waals surface area contributed by atoms with Crippen molar-refractivity contribution in [2.75, 3.05) is 11.9 Å². The maximum Gasteiger partial charge on any atom is 0.573 e. The molecule has 5 nitrogen and oxygen atoms in total. The summed E-state index contributed by atoms with van der Waals surface area (Å²) in [5, 5.41) is 2.79. The maximum atomic E-state index is 12.1. The number of urea groups is 1. The van der Waals surface area contributed by atoms with Gasteiger partial charge in [0, 0.05) is 5.69 Å². The molecule has 0 bridgehead atoms. The third-order valence-corrected chi connectivity index (χ3v) is 3.26. The third kappa shape index (κ3) is 5.96. The molecule has 2 rings (SSSR count). The summed E-state index contributed by atoms with van der Waals surface area (Å²) in [5.74, 6) is -0.363. The summed E-state index contributed by atoms with van der Waals surface area (Å²) in [5.41, 5.74) is 0.684. The van der Waals surface area contributed by atoms with Crippen molar-refractivity contribution in [3.05, 3.63) is 59.1 Å². The number of hydrogen-bond donors (Lipinski definition) is 1. The van der Waals surface area contributed by atoms with Crippen molar-refractivity contribution < 1.29 is 27.4 Å². The first-order valence-electron chi connectivity index (χ1n) is 7.41. The lowest BCUT2D eigenvalue weighted by atomic mass is 10.2. The number of benzene rings is 2. The van der Waals surface area contributed by atoms with E-state index < -0.39 is 18.1 Å². The minimum atomic E-state index is -4.78. The van der Waals surface area contributed by atoms with E-state index in [-0.39, 0.29) is 18.2 Å². The van der Waals surface area contributed by atoms with Crippen LogP contribution in [0.15, 0.2) is 53.5 Å². The monoisotopic (exact) mass is 386 g/mol. The summed E-state index contributed by atoms with van der Waals surface area (Å²) in [6.07, 6.45) is -4.78. The number of amides is 2. The fraction of sp³-hybridized carbons (Fsp3) is 0.176. The smallest absolute Gasteiger partial charge is 0.477 e. The van der Waals surface area contributed by atoms with Crippen LogP contribution in [0.4, 0.5) is 23.7 Å². The Labute approximate surface area is 152 Å². The summed E-state index contributed by atoms with van der Waals surface area (Å²) in [7, 11) is 0. The van der Waals surface area contributed by atoms with E-state index in [1.165, 1.54) is 12.1 Å². The lowest BCUT2D eigenvalue weighted by molar-refractivity contribution is -0.274. The number of hydrogen-bond acceptors (Lipinski definition) is 3. The first kappa shape index (κ1) is 19.6. The summed E-state index contributed by atoms with van der Waals surface area (Å²) in [6.45, 7) is 1.99. The van der Waals surface area contributed by atoms with Crippen molar-refractivity contribution in [2.24, 2.45) is 4.99 Å². The molecule has 0 atom stereocenters. The molecule has 26 heavy (non-hydrogen) atoms. The predicted molar refractivity (Wildman–Crippen MR) is 91.8 cm³/mol. The molecule has 138 valence electrons. The second-order valence-corrected chi connectivity index (χ2v) is 5.24. The Kier molecular flexibility index (Phi) is 6.46. The Bertz CT molecular complexity index is 793. The van der Waals surface area contributed by atoms with Crippen LogP contribution >= 0.6 is 11.6 Å². The Morgan fingerprint density at radius 1 is 1.15 bits per heavy atom. The van der Waals surface area contributed by atoms with Crippen molar-refractivity contribution in [2.45, 2.75) is 13.3 Å². The fourth-order valence-electron chi connectivity index (χ4n) is 1.93. The van der Waals surface area contributed by atoms with Crippen LogP contribution in [0.5, 0.6) is 5.75 Å². The predicted octanol–water partition coefficient (Wildman–Crippen LogP) is 5.25. The van der Waals surface area contributed by atoms with E-state index >= 15 is 0 Å². The summed E-state index contributed by atoms with van der Waals surface area (Å²) in [4.78, 5) is 15.9. The van der Waals surface area contributed by atoms with E-state index in [0.29, 0.717) is 10.6 Å². The molecular formula is C17H14ClF3N2O3. The molecule has 0 fully saturated rings. The van der Waals surface area contributed by atoms with Gasteiger partial charge in [-0.25, -0.2) is 4.79 Å². The highest BCUT2D eigenvalue weighted by molar-refractivity contribution is 6.34. The lowest BCUT2D eigenvalue weighted by Crippen LogP contribution is -2.17. The number of aliphatic imine (C=N–C) groups is 1. The van der Waals surface area contributed by atoms with Gasteiger partial charge in [-0.2, -0.15) is 4.99 Å². The highest BCUT2D eigenvalue weighted by Gasteiger charge is 2.30. The van der Waals surface area contributed by atoms with E-state index in [1.54, 1.807) is 31.2 Å². The number of nitrogens with one attached hydrogen (secondary N) is 1. The van der Waals surface area contributed by atoms with E-state index in [2.05, 4.69) is 15.0 Å². The number of ether oxygens (including phenoxy) is 2. The average molecular weight is 387 g/mol. The average Bonchev–Trinajstić information content (AvgIpc) is 2.55. The zero-order chi connectivity index (χ0) is 19.2. The van der Waals surface area contributed by atoms with Gasteiger partial charge >= 0.3 is 12.4 Å². The Balaban J connectivity index is 2.12. The normalized spacial score (nSPS) is 11.8. The second-order valence-electron chi connectivity index (χ2n) is 4.83. The number of rotatable bonds is 4. The van der Waals surface area contributed by atoms with Gasteiger partial charge in [0.25, 0.3) is 0 Å². The molecule has 0 heterocycles. The highest BCUT2D eigenvalue weighted by atomic mass is 35.5. The summed E-state index contributed by atoms with van der Waals surface area (Å²) in [6, 6.07) is 10.6. The molecule has 0 unspecified atom stereocenters. The molecule has 0 saturated heterocycles. The molecule has 1 N–H and O–H groups in total. The third-order valence-electron chi connectivity index (χ3n) is 2.93. The van der Waals surface area contributed by atoms with Crippen LogP contribution in [0, 0.1) is 0 Å². The maximum absolute atomic E-state index is 12.1. The number of halogens is 4. The van der Waals surface area contributed by atoms with E-state index in [0.717, 1.165) is 12.1 Å². The number of carbonyl (C=O) groups excluding carboxylic acids is 1. The van der Waals surface area contributed by atoms with Crippen molar-refractivity contribution in [3.8, 4) is 5.75 Å². The lowest BCUT2D eigenvalue weighted by Gasteiger charge is -2.10. The first-order valence-corrected chi connectivity index (χ1v) is 7.79. The van der Waals surface area contributed by atoms with Crippen molar-refractivity contribution >= 4 is 29.2 Å². The molecule has 0 aliphatic carbocycles. The summed E-state index contributed by atoms with van der Waals surface area (Å²) >= 11 is 6.07. The van der Waals surface area contributed by atoms with Gasteiger partial charge in [0.1, 0.15) is 5.75 Å². The van der Waals surface area contributed by atoms with E-state index in [4.69, 9.17) is 16.3 Å². The molecule has 9 heteroatoms. The van der Waals surface area contributed by atoms with Gasteiger partial charge in [-0.15, -0.1) is 13.2 Å². The zero-order valence-corrected chi connectivity index (χ0v) is 14.3. The minimum Gasteiger partial charge on any atom is -0.477 e. The van der Waals surface area contributed by atoms with Crippen molar-refractivity contribution in [3.63, 3.8) is 0 Å². The number of carbonyl (C=O) groups is 1.